The molecule has 1 aromatic carbocycles. The quantitative estimate of drug-likeness (QED) is 0.806. The third-order valence-electron chi connectivity index (χ3n) is 2.14. The first-order valence-electron chi connectivity index (χ1n) is 4.86. The fourth-order valence-electron chi connectivity index (χ4n) is 1.21. The van der Waals surface area contributed by atoms with Crippen LogP contribution in [0.2, 0.25) is 0 Å². The van der Waals surface area contributed by atoms with Gasteiger partial charge in [0.15, 0.2) is 0 Å². The van der Waals surface area contributed by atoms with Gasteiger partial charge >= 0.3 is 0 Å². The summed E-state index contributed by atoms with van der Waals surface area (Å²) in [6.07, 6.45) is 0. The Morgan fingerprint density at radius 1 is 1.62 bits per heavy atom. The van der Waals surface area contributed by atoms with Gasteiger partial charge in [-0.3, -0.25) is 4.79 Å². The van der Waals surface area contributed by atoms with Crippen LogP contribution in [0.5, 0.6) is 0 Å². The standard InChI is InChI=1S/C11H15FN2O2/c1-7-3-4-8(12)5-10(7)14-11(15)9(13)6-16-2/h3-5,9H,6,13H2,1-2H3,(H,14,15). The third kappa shape index (κ3) is 3.29. The lowest BCUT2D eigenvalue weighted by Gasteiger charge is -2.12. The molecule has 0 fully saturated rings. The maximum atomic E-state index is 12.9. The number of hydrogen-bond acceptors (Lipinski definition) is 3. The van der Waals surface area contributed by atoms with Crippen LogP contribution in [-0.4, -0.2) is 25.7 Å². The van der Waals surface area contributed by atoms with Gasteiger partial charge in [-0.2, -0.15) is 0 Å². The highest BCUT2D eigenvalue weighted by molar-refractivity contribution is 5.95. The zero-order valence-corrected chi connectivity index (χ0v) is 9.29. The molecule has 0 aliphatic carbocycles. The summed E-state index contributed by atoms with van der Waals surface area (Å²) in [5.41, 5.74) is 6.74. The van der Waals surface area contributed by atoms with Crippen molar-refractivity contribution in [3.05, 3.63) is 29.6 Å². The number of halogens is 1. The maximum Gasteiger partial charge on any atom is 0.243 e. The lowest BCUT2D eigenvalue weighted by Crippen LogP contribution is -2.39. The molecule has 0 radical (unpaired) electrons. The highest BCUT2D eigenvalue weighted by Gasteiger charge is 2.14. The van der Waals surface area contributed by atoms with E-state index < -0.39 is 17.8 Å². The van der Waals surface area contributed by atoms with Crippen LogP contribution in [0.15, 0.2) is 18.2 Å². The fourth-order valence-corrected chi connectivity index (χ4v) is 1.21. The van der Waals surface area contributed by atoms with E-state index in [1.54, 1.807) is 13.0 Å². The molecule has 3 N–H and O–H groups in total. The smallest absolute Gasteiger partial charge is 0.243 e. The average molecular weight is 226 g/mol. The maximum absolute atomic E-state index is 12.9. The van der Waals surface area contributed by atoms with Gasteiger partial charge in [-0.15, -0.1) is 0 Å². The van der Waals surface area contributed by atoms with E-state index in [0.717, 1.165) is 5.56 Å². The van der Waals surface area contributed by atoms with Gasteiger partial charge in [-0.1, -0.05) is 6.07 Å². The van der Waals surface area contributed by atoms with Gasteiger partial charge in [0.05, 0.1) is 6.61 Å². The van der Waals surface area contributed by atoms with Gasteiger partial charge < -0.3 is 15.8 Å². The molecule has 5 heteroatoms. The summed E-state index contributed by atoms with van der Waals surface area (Å²) in [4.78, 5) is 11.5. The molecule has 0 saturated carbocycles. The van der Waals surface area contributed by atoms with E-state index in [4.69, 9.17) is 10.5 Å². The Kier molecular flexibility index (Phi) is 4.39. The van der Waals surface area contributed by atoms with Crippen LogP contribution in [0.3, 0.4) is 0 Å². The van der Waals surface area contributed by atoms with Crippen molar-refractivity contribution in [1.29, 1.82) is 0 Å². The van der Waals surface area contributed by atoms with Crippen LogP contribution in [-0.2, 0) is 9.53 Å². The molecule has 1 rings (SSSR count). The van der Waals surface area contributed by atoms with E-state index >= 15 is 0 Å². The number of amides is 1. The lowest BCUT2D eigenvalue weighted by molar-refractivity contribution is -0.118. The van der Waals surface area contributed by atoms with Crippen LogP contribution in [0.25, 0.3) is 0 Å². The number of nitrogens with two attached hydrogens (primary N) is 1. The fraction of sp³-hybridized carbons (Fsp3) is 0.364. The predicted molar refractivity (Wildman–Crippen MR) is 59.6 cm³/mol. The molecule has 0 aliphatic heterocycles. The molecule has 1 atom stereocenters. The number of ether oxygens (including phenoxy) is 1. The molecule has 88 valence electrons. The predicted octanol–water partition coefficient (Wildman–Crippen LogP) is 1.05. The zero-order valence-electron chi connectivity index (χ0n) is 9.29. The normalized spacial score (nSPS) is 12.2. The second kappa shape index (κ2) is 5.58. The van der Waals surface area contributed by atoms with E-state index in [1.807, 2.05) is 0 Å². The van der Waals surface area contributed by atoms with Crippen molar-refractivity contribution in [3.8, 4) is 0 Å². The molecule has 4 nitrogen and oxygen atoms in total. The number of nitrogens with one attached hydrogen (secondary N) is 1. The summed E-state index contributed by atoms with van der Waals surface area (Å²) in [5, 5.41) is 2.55. The van der Waals surface area contributed by atoms with Gasteiger partial charge in [-0.25, -0.2) is 4.39 Å². The van der Waals surface area contributed by atoms with Gasteiger partial charge in [0.25, 0.3) is 0 Å². The molecule has 0 aromatic heterocycles. The number of benzene rings is 1. The number of rotatable bonds is 4. The summed E-state index contributed by atoms with van der Waals surface area (Å²) in [5.74, 6) is -0.795. The third-order valence-corrected chi connectivity index (χ3v) is 2.14. The number of anilines is 1. The van der Waals surface area contributed by atoms with Crippen molar-refractivity contribution in [2.45, 2.75) is 13.0 Å². The second-order valence-corrected chi connectivity index (χ2v) is 3.51. The second-order valence-electron chi connectivity index (χ2n) is 3.51. The molecule has 0 saturated heterocycles. The Bertz CT molecular complexity index is 382. The van der Waals surface area contributed by atoms with E-state index in [-0.39, 0.29) is 6.61 Å². The molecule has 0 bridgehead atoms. The summed E-state index contributed by atoms with van der Waals surface area (Å²) >= 11 is 0. The first kappa shape index (κ1) is 12.6. The first-order valence-corrected chi connectivity index (χ1v) is 4.86. The number of carbonyl (C=O) groups excluding carboxylic acids is 1. The highest BCUT2D eigenvalue weighted by Crippen LogP contribution is 2.15. The van der Waals surface area contributed by atoms with Crippen molar-refractivity contribution in [1.82, 2.24) is 0 Å². The van der Waals surface area contributed by atoms with Crippen LogP contribution >= 0.6 is 0 Å². The largest absolute Gasteiger partial charge is 0.383 e. The lowest BCUT2D eigenvalue weighted by atomic mass is 10.2. The van der Waals surface area contributed by atoms with Crippen molar-refractivity contribution in [2.24, 2.45) is 5.73 Å². The number of aryl methyl sites for hydroxylation is 1. The molecule has 0 aliphatic rings. The Hall–Kier alpha value is -1.46. The molecule has 1 unspecified atom stereocenters. The van der Waals surface area contributed by atoms with E-state index in [1.165, 1.54) is 19.2 Å². The van der Waals surface area contributed by atoms with Gasteiger partial charge in [0.2, 0.25) is 5.91 Å². The summed E-state index contributed by atoms with van der Waals surface area (Å²) in [6.45, 7) is 1.90. The first-order chi connectivity index (χ1) is 7.54. The van der Waals surface area contributed by atoms with Gasteiger partial charge in [0, 0.05) is 12.8 Å². The van der Waals surface area contributed by atoms with Crippen molar-refractivity contribution in [3.63, 3.8) is 0 Å². The van der Waals surface area contributed by atoms with Crippen molar-refractivity contribution >= 4 is 11.6 Å². The Balaban J connectivity index is 2.72. The van der Waals surface area contributed by atoms with Gasteiger partial charge in [0.1, 0.15) is 11.9 Å². The Morgan fingerprint density at radius 3 is 2.94 bits per heavy atom. The van der Waals surface area contributed by atoms with E-state index in [9.17, 15) is 9.18 Å². The Morgan fingerprint density at radius 2 is 2.31 bits per heavy atom. The topological polar surface area (TPSA) is 64.3 Å². The van der Waals surface area contributed by atoms with Crippen molar-refractivity contribution in [2.75, 3.05) is 19.0 Å². The average Bonchev–Trinajstić information content (AvgIpc) is 2.23. The minimum absolute atomic E-state index is 0.125. The molecule has 16 heavy (non-hydrogen) atoms. The minimum Gasteiger partial charge on any atom is -0.383 e. The van der Waals surface area contributed by atoms with Crippen molar-refractivity contribution < 1.29 is 13.9 Å². The number of carbonyl (C=O) groups is 1. The van der Waals surface area contributed by atoms with Crippen LogP contribution in [0, 0.1) is 12.7 Å². The highest BCUT2D eigenvalue weighted by atomic mass is 19.1. The van der Waals surface area contributed by atoms with Crippen LogP contribution in [0.4, 0.5) is 10.1 Å². The minimum atomic E-state index is -0.757. The van der Waals surface area contributed by atoms with Gasteiger partial charge in [-0.05, 0) is 24.6 Å². The molecule has 0 heterocycles. The molecule has 1 amide bonds. The Labute approximate surface area is 93.6 Å². The van der Waals surface area contributed by atoms with Crippen LogP contribution in [0.1, 0.15) is 5.56 Å². The number of hydrogen-bond donors (Lipinski definition) is 2. The number of methoxy groups -OCH3 is 1. The molecular formula is C11H15FN2O2. The molecule has 0 spiro atoms. The zero-order chi connectivity index (χ0) is 12.1. The summed E-state index contributed by atoms with van der Waals surface area (Å²) in [7, 11) is 1.46. The molecule has 1 aromatic rings. The van der Waals surface area contributed by atoms with Crippen LogP contribution < -0.4 is 11.1 Å². The summed E-state index contributed by atoms with van der Waals surface area (Å²) in [6, 6.07) is 3.42. The molecular weight excluding hydrogens is 211 g/mol. The van der Waals surface area contributed by atoms with E-state index in [2.05, 4.69) is 5.32 Å². The SMILES string of the molecule is COCC(N)C(=O)Nc1cc(F)ccc1C. The van der Waals surface area contributed by atoms with E-state index in [0.29, 0.717) is 5.69 Å². The monoisotopic (exact) mass is 226 g/mol. The summed E-state index contributed by atoms with van der Waals surface area (Å²) < 4.78 is 17.7.